The fourth-order valence-electron chi connectivity index (χ4n) is 7.45. The summed E-state index contributed by atoms with van der Waals surface area (Å²) in [5.41, 5.74) is 0. The number of rotatable bonds is 39. The summed E-state index contributed by atoms with van der Waals surface area (Å²) in [4.78, 5) is 13.0. The maximum absolute atomic E-state index is 13.0. The Hall–Kier alpha value is -1.20. The molecule has 7 N–H and O–H groups in total. The van der Waals surface area contributed by atoms with Crippen LogP contribution in [0.4, 0.5) is 0 Å². The zero-order valence-electron chi connectivity index (χ0n) is 36.2. The monoisotopic (exact) mass is 852 g/mol. The van der Waals surface area contributed by atoms with Crippen molar-refractivity contribution < 1.29 is 57.0 Å². The van der Waals surface area contributed by atoms with Crippen LogP contribution in [0.5, 0.6) is 0 Å². The van der Waals surface area contributed by atoms with Crippen LogP contribution >= 0.6 is 0 Å². The molecule has 1 amide bonds. The first kappa shape index (κ1) is 54.8. The van der Waals surface area contributed by atoms with Crippen LogP contribution in [0.15, 0.2) is 12.2 Å². The lowest BCUT2D eigenvalue weighted by Crippen LogP contribution is -2.61. The van der Waals surface area contributed by atoms with Gasteiger partial charge in [0.1, 0.15) is 30.5 Å². The second kappa shape index (κ2) is 35.4. The lowest BCUT2D eigenvalue weighted by Gasteiger charge is -2.41. The van der Waals surface area contributed by atoms with Gasteiger partial charge < -0.3 is 40.3 Å². The molecule has 0 aromatic heterocycles. The van der Waals surface area contributed by atoms with Gasteiger partial charge in [-0.25, -0.2) is 4.18 Å². The van der Waals surface area contributed by atoms with E-state index in [2.05, 4.69) is 35.5 Å². The lowest BCUT2D eigenvalue weighted by molar-refractivity contribution is -0.298. The van der Waals surface area contributed by atoms with Crippen LogP contribution in [0.2, 0.25) is 0 Å². The molecule has 1 aliphatic heterocycles. The van der Waals surface area contributed by atoms with Crippen molar-refractivity contribution in [2.45, 2.75) is 249 Å². The summed E-state index contributed by atoms with van der Waals surface area (Å²) >= 11 is 0. The Morgan fingerprint density at radius 3 is 1.60 bits per heavy atom. The average molecular weight is 852 g/mol. The van der Waals surface area contributed by atoms with E-state index in [1.165, 1.54) is 109 Å². The van der Waals surface area contributed by atoms with Gasteiger partial charge in [0.15, 0.2) is 6.29 Å². The fraction of sp³-hybridized carbons (Fsp3) is 0.932. The van der Waals surface area contributed by atoms with E-state index in [1.807, 2.05) is 0 Å². The zero-order valence-corrected chi connectivity index (χ0v) is 37.1. The van der Waals surface area contributed by atoms with E-state index >= 15 is 0 Å². The van der Waals surface area contributed by atoms with Crippen molar-refractivity contribution in [1.82, 2.24) is 5.32 Å². The average Bonchev–Trinajstić information content (AvgIpc) is 3.19. The SMILES string of the molecule is CCCC/C=C\CCCCCC(O)C(=O)NC(COC1OC(CO)C(O)C(OS(=O)(=O)O)C1O)C(O)CCCCCCCCCCCCCCCCCCCCCC. The fourth-order valence-corrected chi connectivity index (χ4v) is 7.96. The highest BCUT2D eigenvalue weighted by molar-refractivity contribution is 7.80. The molecule has 13 nitrogen and oxygen atoms in total. The summed E-state index contributed by atoms with van der Waals surface area (Å²) in [6.07, 6.45) is 25.6. The Kier molecular flexibility index (Phi) is 33.5. The minimum atomic E-state index is -5.11. The first-order valence-electron chi connectivity index (χ1n) is 23.2. The first-order valence-corrected chi connectivity index (χ1v) is 24.5. The number of allylic oxidation sites excluding steroid dienone is 2. The highest BCUT2D eigenvalue weighted by Gasteiger charge is 2.48. The van der Waals surface area contributed by atoms with Crippen LogP contribution in [0.25, 0.3) is 0 Å². The summed E-state index contributed by atoms with van der Waals surface area (Å²) in [5.74, 6) is -0.683. The van der Waals surface area contributed by atoms with Crippen molar-refractivity contribution in [1.29, 1.82) is 0 Å². The second-order valence-corrected chi connectivity index (χ2v) is 17.5. The number of hydrogen-bond acceptors (Lipinski definition) is 11. The molecular formula is C44H85NO12S. The van der Waals surface area contributed by atoms with E-state index < -0.39 is 78.5 Å². The number of amides is 1. The molecule has 0 saturated carbocycles. The third-order valence-electron chi connectivity index (χ3n) is 11.2. The van der Waals surface area contributed by atoms with Crippen LogP contribution in [-0.2, 0) is 28.9 Å². The van der Waals surface area contributed by atoms with Crippen LogP contribution in [0.1, 0.15) is 200 Å². The molecule has 1 rings (SSSR count). The van der Waals surface area contributed by atoms with E-state index in [0.717, 1.165) is 51.4 Å². The minimum absolute atomic E-state index is 0.240. The molecule has 1 aliphatic rings. The summed E-state index contributed by atoms with van der Waals surface area (Å²) in [7, 11) is -5.11. The van der Waals surface area contributed by atoms with E-state index in [-0.39, 0.29) is 6.42 Å². The van der Waals surface area contributed by atoms with Crippen LogP contribution in [0, 0.1) is 0 Å². The van der Waals surface area contributed by atoms with Crippen molar-refractivity contribution in [3.63, 3.8) is 0 Å². The van der Waals surface area contributed by atoms with Crippen LogP contribution < -0.4 is 5.32 Å². The predicted molar refractivity (Wildman–Crippen MR) is 228 cm³/mol. The number of unbranched alkanes of at least 4 members (excludes halogenated alkanes) is 24. The number of aliphatic hydroxyl groups is 5. The van der Waals surface area contributed by atoms with E-state index in [1.54, 1.807) is 0 Å². The van der Waals surface area contributed by atoms with E-state index in [9.17, 15) is 38.7 Å². The quantitative estimate of drug-likeness (QED) is 0.0180. The van der Waals surface area contributed by atoms with Crippen molar-refractivity contribution in [3.8, 4) is 0 Å². The molecule has 8 atom stereocenters. The third kappa shape index (κ3) is 27.6. The molecule has 8 unspecified atom stereocenters. The molecular weight excluding hydrogens is 767 g/mol. The maximum atomic E-state index is 13.0. The van der Waals surface area contributed by atoms with Gasteiger partial charge in [0.25, 0.3) is 0 Å². The topological polar surface area (TPSA) is 212 Å². The zero-order chi connectivity index (χ0) is 42.9. The van der Waals surface area contributed by atoms with Gasteiger partial charge in [-0.3, -0.25) is 9.35 Å². The van der Waals surface area contributed by atoms with Crippen LogP contribution in [-0.4, -0.2) is 107 Å². The molecule has 0 bridgehead atoms. The summed E-state index contributed by atoms with van der Waals surface area (Å²) in [6, 6.07) is -1.04. The highest BCUT2D eigenvalue weighted by Crippen LogP contribution is 2.26. The Labute approximate surface area is 352 Å². The number of aliphatic hydroxyl groups excluding tert-OH is 5. The normalized spacial score (nSPS) is 21.7. The number of hydrogen-bond donors (Lipinski definition) is 7. The van der Waals surface area contributed by atoms with Gasteiger partial charge >= 0.3 is 10.4 Å². The second-order valence-electron chi connectivity index (χ2n) is 16.5. The summed E-state index contributed by atoms with van der Waals surface area (Å²) in [6.45, 7) is 3.21. The molecule has 1 saturated heterocycles. The van der Waals surface area contributed by atoms with Gasteiger partial charge in [-0.15, -0.1) is 0 Å². The third-order valence-corrected chi connectivity index (χ3v) is 11.6. The Bertz CT molecular complexity index is 1110. The Morgan fingerprint density at radius 1 is 0.672 bits per heavy atom. The van der Waals surface area contributed by atoms with Crippen molar-refractivity contribution in [3.05, 3.63) is 12.2 Å². The minimum Gasteiger partial charge on any atom is -0.394 e. The van der Waals surface area contributed by atoms with E-state index in [4.69, 9.17) is 14.0 Å². The summed E-state index contributed by atoms with van der Waals surface area (Å²) < 4.78 is 47.5. The molecule has 0 aromatic rings. The molecule has 0 spiro atoms. The summed E-state index contributed by atoms with van der Waals surface area (Å²) in [5, 5.41) is 55.2. The smallest absolute Gasteiger partial charge is 0.394 e. The van der Waals surface area contributed by atoms with Gasteiger partial charge in [0.2, 0.25) is 5.91 Å². The Balaban J connectivity index is 2.50. The van der Waals surface area contributed by atoms with Crippen LogP contribution in [0.3, 0.4) is 0 Å². The number of carbonyl (C=O) groups is 1. The Morgan fingerprint density at radius 2 is 1.12 bits per heavy atom. The largest absolute Gasteiger partial charge is 0.397 e. The lowest BCUT2D eigenvalue weighted by atomic mass is 9.99. The molecule has 58 heavy (non-hydrogen) atoms. The van der Waals surface area contributed by atoms with Gasteiger partial charge in [0.05, 0.1) is 25.4 Å². The molecule has 0 aliphatic carbocycles. The molecule has 0 radical (unpaired) electrons. The van der Waals surface area contributed by atoms with Crippen molar-refractivity contribution in [2.75, 3.05) is 13.2 Å². The maximum Gasteiger partial charge on any atom is 0.397 e. The highest BCUT2D eigenvalue weighted by atomic mass is 32.3. The van der Waals surface area contributed by atoms with Crippen molar-refractivity contribution in [2.24, 2.45) is 0 Å². The first-order chi connectivity index (χ1) is 27.9. The number of nitrogens with one attached hydrogen (secondary N) is 1. The van der Waals surface area contributed by atoms with Crippen molar-refractivity contribution >= 4 is 16.3 Å². The molecule has 1 fully saturated rings. The van der Waals surface area contributed by atoms with Gasteiger partial charge in [-0.1, -0.05) is 180 Å². The van der Waals surface area contributed by atoms with Gasteiger partial charge in [0, 0.05) is 0 Å². The predicted octanol–water partition coefficient (Wildman–Crippen LogP) is 7.75. The number of carbonyl (C=O) groups excluding carboxylic acids is 1. The van der Waals surface area contributed by atoms with Gasteiger partial charge in [-0.05, 0) is 32.1 Å². The number of ether oxygens (including phenoxy) is 2. The molecule has 344 valence electrons. The molecule has 14 heteroatoms. The molecule has 0 aromatic carbocycles. The van der Waals surface area contributed by atoms with Gasteiger partial charge in [-0.2, -0.15) is 8.42 Å². The van der Waals surface area contributed by atoms with E-state index in [0.29, 0.717) is 19.3 Å². The standard InChI is InChI=1S/C44H85NO12S/c1-3-5-7-9-11-13-14-15-16-17-18-19-20-21-22-23-25-26-28-30-32-37(47)36(45-43(51)38(48)33-31-29-27-24-12-10-8-6-4-2)35-55-44-41(50)42(57-58(52,53)54)40(49)39(34-46)56-44/h10,12,36-42,44,46-50H,3-9,11,13-35H2,1-2H3,(H,45,51)(H,52,53,54)/b12-10-. The molecule has 1 heterocycles.